The molecular formula is C17H19NO3. The number of carboxylic acid groups (broad SMARTS) is 1. The number of nitrogens with one attached hydrogen (secondary N) is 1. The SMILES string of the molecule is Cc1cc(NC(=O)C2C3C4CCC(C4)C23)ccc1C(=O)O. The summed E-state index contributed by atoms with van der Waals surface area (Å²) in [5.74, 6) is 2.23. The van der Waals surface area contributed by atoms with Gasteiger partial charge in [0, 0.05) is 11.6 Å². The lowest BCUT2D eigenvalue weighted by atomic mass is 10.0. The topological polar surface area (TPSA) is 66.4 Å². The van der Waals surface area contributed by atoms with E-state index < -0.39 is 5.97 Å². The zero-order chi connectivity index (χ0) is 14.7. The molecule has 3 aliphatic carbocycles. The highest BCUT2D eigenvalue weighted by Gasteiger charge is 2.67. The van der Waals surface area contributed by atoms with Gasteiger partial charge in [-0.05, 0) is 73.6 Å². The van der Waals surface area contributed by atoms with E-state index in [1.165, 1.54) is 19.3 Å². The van der Waals surface area contributed by atoms with Crippen LogP contribution in [0.25, 0.3) is 0 Å². The molecule has 2 N–H and O–H groups in total. The van der Waals surface area contributed by atoms with E-state index in [2.05, 4.69) is 5.32 Å². The van der Waals surface area contributed by atoms with Crippen molar-refractivity contribution in [2.75, 3.05) is 5.32 Å². The Morgan fingerprint density at radius 2 is 1.86 bits per heavy atom. The highest BCUT2D eigenvalue weighted by molar-refractivity contribution is 5.96. The molecule has 0 heterocycles. The Morgan fingerprint density at radius 3 is 2.43 bits per heavy atom. The summed E-state index contributed by atoms with van der Waals surface area (Å²) in [4.78, 5) is 23.4. The van der Waals surface area contributed by atoms with Gasteiger partial charge in [0.05, 0.1) is 5.56 Å². The lowest BCUT2D eigenvalue weighted by Crippen LogP contribution is -2.18. The number of carbonyl (C=O) groups excluding carboxylic acids is 1. The average molecular weight is 285 g/mol. The van der Waals surface area contributed by atoms with Crippen molar-refractivity contribution in [1.29, 1.82) is 0 Å². The number of amides is 1. The maximum atomic E-state index is 12.4. The monoisotopic (exact) mass is 285 g/mol. The summed E-state index contributed by atoms with van der Waals surface area (Å²) in [5.41, 5.74) is 1.67. The van der Waals surface area contributed by atoms with Gasteiger partial charge in [-0.1, -0.05) is 0 Å². The van der Waals surface area contributed by atoms with Gasteiger partial charge in [-0.25, -0.2) is 4.79 Å². The molecule has 4 rings (SSSR count). The first kappa shape index (κ1) is 12.9. The molecule has 1 aromatic rings. The Balaban J connectivity index is 1.46. The summed E-state index contributed by atoms with van der Waals surface area (Å²) in [7, 11) is 0. The molecule has 0 saturated heterocycles. The summed E-state index contributed by atoms with van der Waals surface area (Å²) in [6.07, 6.45) is 3.95. The van der Waals surface area contributed by atoms with Gasteiger partial charge in [0.1, 0.15) is 0 Å². The average Bonchev–Trinajstić information content (AvgIpc) is 2.88. The molecule has 0 spiro atoms. The van der Waals surface area contributed by atoms with E-state index in [0.29, 0.717) is 23.1 Å². The van der Waals surface area contributed by atoms with E-state index in [-0.39, 0.29) is 17.4 Å². The summed E-state index contributed by atoms with van der Waals surface area (Å²) in [5, 5.41) is 12.0. The number of rotatable bonds is 3. The van der Waals surface area contributed by atoms with Crippen LogP contribution >= 0.6 is 0 Å². The summed E-state index contributed by atoms with van der Waals surface area (Å²) in [6, 6.07) is 4.99. The highest BCUT2D eigenvalue weighted by Crippen LogP contribution is 2.69. The third-order valence-corrected chi connectivity index (χ3v) is 5.76. The Labute approximate surface area is 123 Å². The summed E-state index contributed by atoms with van der Waals surface area (Å²) in [6.45, 7) is 1.76. The van der Waals surface area contributed by atoms with Crippen molar-refractivity contribution < 1.29 is 14.7 Å². The highest BCUT2D eigenvalue weighted by atomic mass is 16.4. The molecule has 4 nitrogen and oxygen atoms in total. The molecule has 110 valence electrons. The Kier molecular flexibility index (Phi) is 2.65. The predicted octanol–water partition coefficient (Wildman–Crippen LogP) is 2.92. The van der Waals surface area contributed by atoms with Crippen LogP contribution in [0.15, 0.2) is 18.2 Å². The minimum atomic E-state index is -0.932. The lowest BCUT2D eigenvalue weighted by molar-refractivity contribution is -0.118. The maximum absolute atomic E-state index is 12.4. The Bertz CT molecular complexity index is 623. The van der Waals surface area contributed by atoms with Crippen molar-refractivity contribution in [3.63, 3.8) is 0 Å². The first-order chi connectivity index (χ1) is 10.1. The van der Waals surface area contributed by atoms with Gasteiger partial charge < -0.3 is 10.4 Å². The number of hydrogen-bond acceptors (Lipinski definition) is 2. The van der Waals surface area contributed by atoms with Crippen LogP contribution in [0.3, 0.4) is 0 Å². The van der Waals surface area contributed by atoms with Gasteiger partial charge in [0.2, 0.25) is 5.91 Å². The number of fused-ring (bicyclic) bond motifs is 5. The van der Waals surface area contributed by atoms with Crippen LogP contribution in [0.5, 0.6) is 0 Å². The van der Waals surface area contributed by atoms with Gasteiger partial charge in [-0.3, -0.25) is 4.79 Å². The number of carbonyl (C=O) groups is 2. The molecule has 4 unspecified atom stereocenters. The number of aryl methyl sites for hydroxylation is 1. The molecule has 4 heteroatoms. The minimum Gasteiger partial charge on any atom is -0.478 e. The van der Waals surface area contributed by atoms with Crippen molar-refractivity contribution in [1.82, 2.24) is 0 Å². The van der Waals surface area contributed by atoms with Gasteiger partial charge in [-0.15, -0.1) is 0 Å². The molecule has 1 amide bonds. The number of hydrogen-bond donors (Lipinski definition) is 2. The quantitative estimate of drug-likeness (QED) is 0.897. The van der Waals surface area contributed by atoms with E-state index in [1.54, 1.807) is 25.1 Å². The molecule has 3 fully saturated rings. The van der Waals surface area contributed by atoms with E-state index in [0.717, 1.165) is 11.8 Å². The second-order valence-electron chi connectivity index (χ2n) is 6.84. The summed E-state index contributed by atoms with van der Waals surface area (Å²) >= 11 is 0. The zero-order valence-electron chi connectivity index (χ0n) is 12.0. The van der Waals surface area contributed by atoms with Crippen LogP contribution in [-0.4, -0.2) is 17.0 Å². The lowest BCUT2D eigenvalue weighted by Gasteiger charge is -2.11. The third-order valence-electron chi connectivity index (χ3n) is 5.76. The summed E-state index contributed by atoms with van der Waals surface area (Å²) < 4.78 is 0. The molecule has 3 aliphatic rings. The fourth-order valence-corrected chi connectivity index (χ4v) is 4.88. The van der Waals surface area contributed by atoms with E-state index in [9.17, 15) is 9.59 Å². The second kappa shape index (κ2) is 4.33. The molecule has 21 heavy (non-hydrogen) atoms. The van der Waals surface area contributed by atoms with Crippen LogP contribution in [0.2, 0.25) is 0 Å². The fourth-order valence-electron chi connectivity index (χ4n) is 4.88. The standard InChI is InChI=1S/C17H19NO3/c1-8-6-11(4-5-12(8)17(20)21)18-16(19)15-13-9-2-3-10(7-9)14(13)15/h4-6,9-10,13-15H,2-3,7H2,1H3,(H,18,19)(H,20,21). The number of carboxylic acids is 1. The maximum Gasteiger partial charge on any atom is 0.335 e. The zero-order valence-corrected chi connectivity index (χ0v) is 12.0. The second-order valence-corrected chi connectivity index (χ2v) is 6.84. The van der Waals surface area contributed by atoms with Crippen molar-refractivity contribution >= 4 is 17.6 Å². The van der Waals surface area contributed by atoms with E-state index in [4.69, 9.17) is 5.11 Å². The Hall–Kier alpha value is -1.84. The minimum absolute atomic E-state index is 0.129. The van der Waals surface area contributed by atoms with Crippen LogP contribution < -0.4 is 5.32 Å². The molecule has 2 bridgehead atoms. The van der Waals surface area contributed by atoms with Crippen LogP contribution in [0.4, 0.5) is 5.69 Å². The van der Waals surface area contributed by atoms with Crippen molar-refractivity contribution in [2.24, 2.45) is 29.6 Å². The van der Waals surface area contributed by atoms with Crippen molar-refractivity contribution in [2.45, 2.75) is 26.2 Å². The molecule has 4 atom stereocenters. The third kappa shape index (κ3) is 1.88. The van der Waals surface area contributed by atoms with Crippen LogP contribution in [0, 0.1) is 36.5 Å². The number of aromatic carboxylic acids is 1. The van der Waals surface area contributed by atoms with Crippen LogP contribution in [0.1, 0.15) is 35.2 Å². The van der Waals surface area contributed by atoms with Gasteiger partial charge in [-0.2, -0.15) is 0 Å². The van der Waals surface area contributed by atoms with Gasteiger partial charge >= 0.3 is 5.97 Å². The molecule has 3 saturated carbocycles. The first-order valence-electron chi connectivity index (χ1n) is 7.71. The van der Waals surface area contributed by atoms with Gasteiger partial charge in [0.15, 0.2) is 0 Å². The molecule has 0 aromatic heterocycles. The molecule has 0 radical (unpaired) electrons. The van der Waals surface area contributed by atoms with E-state index >= 15 is 0 Å². The van der Waals surface area contributed by atoms with Crippen molar-refractivity contribution in [3.8, 4) is 0 Å². The largest absolute Gasteiger partial charge is 0.478 e. The first-order valence-corrected chi connectivity index (χ1v) is 7.71. The normalized spacial score (nSPS) is 35.4. The smallest absolute Gasteiger partial charge is 0.335 e. The molecular weight excluding hydrogens is 266 g/mol. The molecule has 0 aliphatic heterocycles. The molecule has 1 aromatic carbocycles. The van der Waals surface area contributed by atoms with E-state index in [1.807, 2.05) is 0 Å². The Morgan fingerprint density at radius 1 is 1.19 bits per heavy atom. The van der Waals surface area contributed by atoms with Crippen molar-refractivity contribution in [3.05, 3.63) is 29.3 Å². The van der Waals surface area contributed by atoms with Crippen LogP contribution in [-0.2, 0) is 4.79 Å². The fraction of sp³-hybridized carbons (Fsp3) is 0.529. The number of anilines is 1. The predicted molar refractivity (Wildman–Crippen MR) is 78.1 cm³/mol. The number of benzene rings is 1. The van der Waals surface area contributed by atoms with Gasteiger partial charge in [0.25, 0.3) is 0 Å².